The van der Waals surface area contributed by atoms with Gasteiger partial charge < -0.3 is 9.72 Å². The fourth-order valence-electron chi connectivity index (χ4n) is 1.64. The molecule has 0 saturated carbocycles. The van der Waals surface area contributed by atoms with Crippen LogP contribution in [0.2, 0.25) is 0 Å². The van der Waals surface area contributed by atoms with E-state index in [-0.39, 0.29) is 22.6 Å². The normalized spacial score (nSPS) is 10.1. The van der Waals surface area contributed by atoms with Crippen LogP contribution in [0.15, 0.2) is 30.6 Å². The molecule has 2 aromatic rings. The predicted octanol–water partition coefficient (Wildman–Crippen LogP) is 1.34. The van der Waals surface area contributed by atoms with Crippen molar-refractivity contribution in [1.29, 1.82) is 0 Å². The molecule has 20 heavy (non-hydrogen) atoms. The van der Waals surface area contributed by atoms with Gasteiger partial charge in [-0.25, -0.2) is 9.78 Å². The van der Waals surface area contributed by atoms with E-state index in [2.05, 4.69) is 14.7 Å². The smallest absolute Gasteiger partial charge is 0.338 e. The van der Waals surface area contributed by atoms with Gasteiger partial charge in [0.2, 0.25) is 5.78 Å². The first-order chi connectivity index (χ1) is 9.54. The molecule has 2 rings (SSSR count). The maximum atomic E-state index is 12.2. The summed E-state index contributed by atoms with van der Waals surface area (Å²) in [6, 6.07) is 3.34. The van der Waals surface area contributed by atoms with Crippen LogP contribution in [-0.2, 0) is 4.74 Å². The summed E-state index contributed by atoms with van der Waals surface area (Å²) in [5.74, 6) is -1.40. The molecular weight excluding hydrogens is 266 g/mol. The van der Waals surface area contributed by atoms with Gasteiger partial charge in [0, 0.05) is 30.1 Å². The third-order valence-corrected chi connectivity index (χ3v) is 2.58. The molecule has 0 bridgehead atoms. The van der Waals surface area contributed by atoms with Crippen molar-refractivity contribution in [3.8, 4) is 0 Å². The molecule has 1 N–H and O–H groups in total. The molecule has 1 aromatic heterocycles. The summed E-state index contributed by atoms with van der Waals surface area (Å²) < 4.78 is 4.55. The number of non-ortho nitro benzene ring substituents is 1. The average molecular weight is 275 g/mol. The molecule has 0 amide bonds. The second-order valence-electron chi connectivity index (χ2n) is 3.75. The van der Waals surface area contributed by atoms with Crippen LogP contribution in [0.1, 0.15) is 26.5 Å². The summed E-state index contributed by atoms with van der Waals surface area (Å²) in [4.78, 5) is 40.3. The number of aromatic amines is 1. The predicted molar refractivity (Wildman–Crippen MR) is 66.5 cm³/mol. The quantitative estimate of drug-likeness (QED) is 0.389. The lowest BCUT2D eigenvalue weighted by Crippen LogP contribution is -2.13. The van der Waals surface area contributed by atoms with Gasteiger partial charge in [0.1, 0.15) is 0 Å². The Balaban J connectivity index is 2.57. The van der Waals surface area contributed by atoms with E-state index in [1.807, 2.05) is 0 Å². The molecule has 0 saturated heterocycles. The second-order valence-corrected chi connectivity index (χ2v) is 3.75. The summed E-state index contributed by atoms with van der Waals surface area (Å²) in [7, 11) is 1.16. The lowest BCUT2D eigenvalue weighted by molar-refractivity contribution is -0.384. The third-order valence-electron chi connectivity index (χ3n) is 2.58. The number of hydrogen-bond donors (Lipinski definition) is 1. The zero-order valence-corrected chi connectivity index (χ0v) is 10.3. The Morgan fingerprint density at radius 1 is 1.35 bits per heavy atom. The Kier molecular flexibility index (Phi) is 3.56. The van der Waals surface area contributed by atoms with Crippen molar-refractivity contribution in [3.63, 3.8) is 0 Å². The molecule has 1 heterocycles. The number of nitro benzene ring substituents is 1. The van der Waals surface area contributed by atoms with Gasteiger partial charge in [-0.3, -0.25) is 14.9 Å². The van der Waals surface area contributed by atoms with Crippen molar-refractivity contribution in [2.75, 3.05) is 7.11 Å². The molecule has 0 fully saturated rings. The minimum absolute atomic E-state index is 0.0179. The van der Waals surface area contributed by atoms with Crippen molar-refractivity contribution < 1.29 is 19.2 Å². The van der Waals surface area contributed by atoms with Crippen LogP contribution in [0.5, 0.6) is 0 Å². The van der Waals surface area contributed by atoms with Gasteiger partial charge in [0.15, 0.2) is 5.82 Å². The number of esters is 1. The minimum Gasteiger partial charge on any atom is -0.465 e. The molecule has 8 heteroatoms. The number of imidazole rings is 1. The highest BCUT2D eigenvalue weighted by molar-refractivity contribution is 6.13. The van der Waals surface area contributed by atoms with Crippen LogP contribution in [0.25, 0.3) is 0 Å². The summed E-state index contributed by atoms with van der Waals surface area (Å²) >= 11 is 0. The first kappa shape index (κ1) is 13.4. The fraction of sp³-hybridized carbons (Fsp3) is 0.0833. The second kappa shape index (κ2) is 5.31. The van der Waals surface area contributed by atoms with Crippen molar-refractivity contribution in [2.24, 2.45) is 0 Å². The third kappa shape index (κ3) is 2.39. The molecule has 0 unspecified atom stereocenters. The van der Waals surface area contributed by atoms with Crippen LogP contribution < -0.4 is 0 Å². The number of nitrogens with one attached hydrogen (secondary N) is 1. The van der Waals surface area contributed by atoms with E-state index in [1.54, 1.807) is 0 Å². The van der Waals surface area contributed by atoms with Crippen LogP contribution >= 0.6 is 0 Å². The molecule has 0 aliphatic carbocycles. The Bertz CT molecular complexity index is 678. The number of aromatic nitrogens is 2. The standard InChI is InChI=1S/C12H9N3O5/c1-20-12(17)8-3-2-7(15(18)19)6-9(8)10(16)11-13-4-5-14-11/h2-6H,1H3,(H,13,14). The first-order valence-electron chi connectivity index (χ1n) is 5.45. The topological polar surface area (TPSA) is 115 Å². The number of H-pyrrole nitrogens is 1. The Labute approximate surface area is 112 Å². The van der Waals surface area contributed by atoms with E-state index in [1.165, 1.54) is 18.5 Å². The lowest BCUT2D eigenvalue weighted by Gasteiger charge is -2.05. The largest absolute Gasteiger partial charge is 0.465 e. The molecule has 0 atom stereocenters. The first-order valence-corrected chi connectivity index (χ1v) is 5.45. The van der Waals surface area contributed by atoms with Gasteiger partial charge in [0.25, 0.3) is 5.69 Å². The number of carbonyl (C=O) groups is 2. The summed E-state index contributed by atoms with van der Waals surface area (Å²) in [5, 5.41) is 10.8. The fourth-order valence-corrected chi connectivity index (χ4v) is 1.64. The van der Waals surface area contributed by atoms with Gasteiger partial charge in [-0.2, -0.15) is 0 Å². The van der Waals surface area contributed by atoms with Crippen LogP contribution in [0.3, 0.4) is 0 Å². The zero-order chi connectivity index (χ0) is 14.7. The van der Waals surface area contributed by atoms with E-state index in [0.29, 0.717) is 0 Å². The van der Waals surface area contributed by atoms with E-state index < -0.39 is 16.7 Å². The van der Waals surface area contributed by atoms with Gasteiger partial charge in [0.05, 0.1) is 17.6 Å². The lowest BCUT2D eigenvalue weighted by atomic mass is 10.0. The number of benzene rings is 1. The van der Waals surface area contributed by atoms with Crippen molar-refractivity contribution in [1.82, 2.24) is 9.97 Å². The van der Waals surface area contributed by atoms with Crippen LogP contribution in [0, 0.1) is 10.1 Å². The number of hydrogen-bond acceptors (Lipinski definition) is 6. The molecule has 0 aliphatic heterocycles. The number of nitro groups is 1. The van der Waals surface area contributed by atoms with Crippen molar-refractivity contribution in [3.05, 3.63) is 57.7 Å². The number of methoxy groups -OCH3 is 1. The van der Waals surface area contributed by atoms with Gasteiger partial charge >= 0.3 is 5.97 Å². The highest BCUT2D eigenvalue weighted by Crippen LogP contribution is 2.20. The summed E-state index contributed by atoms with van der Waals surface area (Å²) in [6.07, 6.45) is 2.80. The van der Waals surface area contributed by atoms with E-state index in [4.69, 9.17) is 0 Å². The molecule has 8 nitrogen and oxygen atoms in total. The van der Waals surface area contributed by atoms with E-state index >= 15 is 0 Å². The summed E-state index contributed by atoms with van der Waals surface area (Å²) in [6.45, 7) is 0. The molecule has 0 aliphatic rings. The summed E-state index contributed by atoms with van der Waals surface area (Å²) in [5.41, 5.74) is -0.493. The number of rotatable bonds is 4. The van der Waals surface area contributed by atoms with Crippen molar-refractivity contribution in [2.45, 2.75) is 0 Å². The number of carbonyl (C=O) groups excluding carboxylic acids is 2. The van der Waals surface area contributed by atoms with E-state index in [9.17, 15) is 19.7 Å². The Morgan fingerprint density at radius 2 is 2.10 bits per heavy atom. The Hall–Kier alpha value is -3.03. The van der Waals surface area contributed by atoms with Gasteiger partial charge in [-0.15, -0.1) is 0 Å². The average Bonchev–Trinajstić information content (AvgIpc) is 2.99. The van der Waals surface area contributed by atoms with Gasteiger partial charge in [-0.1, -0.05) is 0 Å². The highest BCUT2D eigenvalue weighted by atomic mass is 16.6. The number of ether oxygens (including phenoxy) is 1. The van der Waals surface area contributed by atoms with Crippen LogP contribution in [0.4, 0.5) is 5.69 Å². The SMILES string of the molecule is COC(=O)c1ccc([N+](=O)[O-])cc1C(=O)c1ncc[nH]1. The number of ketones is 1. The zero-order valence-electron chi connectivity index (χ0n) is 10.3. The Morgan fingerprint density at radius 3 is 2.65 bits per heavy atom. The number of nitrogens with zero attached hydrogens (tertiary/aromatic N) is 2. The monoisotopic (exact) mass is 275 g/mol. The van der Waals surface area contributed by atoms with Crippen LogP contribution in [-0.4, -0.2) is 33.8 Å². The maximum Gasteiger partial charge on any atom is 0.338 e. The van der Waals surface area contributed by atoms with Crippen molar-refractivity contribution >= 4 is 17.4 Å². The van der Waals surface area contributed by atoms with E-state index in [0.717, 1.165) is 19.2 Å². The maximum absolute atomic E-state index is 12.2. The molecule has 0 spiro atoms. The molecule has 102 valence electrons. The molecule has 1 aromatic carbocycles. The minimum atomic E-state index is -0.755. The molecule has 0 radical (unpaired) electrons. The highest BCUT2D eigenvalue weighted by Gasteiger charge is 2.23. The molecular formula is C12H9N3O5. The van der Waals surface area contributed by atoms with Gasteiger partial charge in [-0.05, 0) is 6.07 Å².